The van der Waals surface area contributed by atoms with Crippen LogP contribution in [0.15, 0.2) is 22.6 Å². The third-order valence-corrected chi connectivity index (χ3v) is 3.04. The predicted octanol–water partition coefficient (Wildman–Crippen LogP) is 2.17. The third kappa shape index (κ3) is 1.53. The normalized spacial score (nSPS) is 18.3. The lowest BCUT2D eigenvalue weighted by atomic mass is 10.0. The van der Waals surface area contributed by atoms with Crippen LogP contribution in [0.1, 0.15) is 24.3 Å². The van der Waals surface area contributed by atoms with Gasteiger partial charge in [0, 0.05) is 12.5 Å². The van der Waals surface area contributed by atoms with Crippen LogP contribution in [0.2, 0.25) is 0 Å². The minimum Gasteiger partial charge on any atom is -0.441 e. The Balaban J connectivity index is 2.08. The maximum absolute atomic E-state index is 6.12. The molecule has 0 bridgehead atoms. The summed E-state index contributed by atoms with van der Waals surface area (Å²) in [6.45, 7) is 1.87. The molecule has 1 aromatic carbocycles. The van der Waals surface area contributed by atoms with Gasteiger partial charge < -0.3 is 10.2 Å². The molecule has 1 aromatic heterocycles. The lowest BCUT2D eigenvalue weighted by molar-refractivity contribution is 0.561. The van der Waals surface area contributed by atoms with Crippen molar-refractivity contribution in [3.8, 4) is 0 Å². The Labute approximate surface area is 88.3 Å². The van der Waals surface area contributed by atoms with Gasteiger partial charge in [-0.05, 0) is 30.9 Å². The predicted molar refractivity (Wildman–Crippen MR) is 58.6 cm³/mol. The molecule has 0 atom stereocenters. The summed E-state index contributed by atoms with van der Waals surface area (Å²) in [6.07, 6.45) is 3.16. The number of nitrogens with two attached hydrogens (primary N) is 1. The molecule has 0 aliphatic heterocycles. The average Bonchev–Trinajstić information content (AvgIpc) is 2.76. The molecule has 1 saturated carbocycles. The molecular weight excluding hydrogens is 188 g/mol. The summed E-state index contributed by atoms with van der Waals surface area (Å²) < 4.78 is 5.49. The molecule has 0 amide bonds. The van der Waals surface area contributed by atoms with Gasteiger partial charge in [0.1, 0.15) is 5.52 Å². The smallest absolute Gasteiger partial charge is 0.192 e. The van der Waals surface area contributed by atoms with Crippen LogP contribution in [0.3, 0.4) is 0 Å². The number of hydrogen-bond acceptors (Lipinski definition) is 3. The first-order chi connectivity index (χ1) is 7.16. The Morgan fingerprint density at radius 3 is 3.00 bits per heavy atom. The molecule has 2 aromatic rings. The highest BCUT2D eigenvalue weighted by Crippen LogP contribution is 2.37. The number of aromatic nitrogens is 1. The fourth-order valence-electron chi connectivity index (χ4n) is 1.98. The second kappa shape index (κ2) is 2.83. The SMILES string of the molecule is Cc1nc2c(CC3(N)CC3)cccc2o1. The molecule has 2 N–H and O–H groups in total. The topological polar surface area (TPSA) is 52.0 Å². The second-order valence-corrected chi connectivity index (χ2v) is 4.54. The van der Waals surface area contributed by atoms with E-state index in [1.165, 1.54) is 5.56 Å². The van der Waals surface area contributed by atoms with Crippen molar-refractivity contribution >= 4 is 11.1 Å². The molecule has 3 heteroatoms. The van der Waals surface area contributed by atoms with Gasteiger partial charge in [-0.25, -0.2) is 4.98 Å². The van der Waals surface area contributed by atoms with Gasteiger partial charge in [-0.2, -0.15) is 0 Å². The van der Waals surface area contributed by atoms with Gasteiger partial charge >= 0.3 is 0 Å². The average molecular weight is 202 g/mol. The fraction of sp³-hybridized carbons (Fsp3) is 0.417. The molecule has 0 saturated heterocycles. The quantitative estimate of drug-likeness (QED) is 0.812. The van der Waals surface area contributed by atoms with Crippen molar-refractivity contribution in [1.29, 1.82) is 0 Å². The molecule has 1 aliphatic carbocycles. The van der Waals surface area contributed by atoms with Crippen LogP contribution in [0, 0.1) is 6.92 Å². The highest BCUT2D eigenvalue weighted by molar-refractivity contribution is 5.76. The lowest BCUT2D eigenvalue weighted by Gasteiger charge is -2.07. The van der Waals surface area contributed by atoms with Gasteiger partial charge in [-0.1, -0.05) is 12.1 Å². The van der Waals surface area contributed by atoms with Crippen molar-refractivity contribution in [2.45, 2.75) is 31.7 Å². The first kappa shape index (κ1) is 8.92. The Kier molecular flexibility index (Phi) is 1.68. The monoisotopic (exact) mass is 202 g/mol. The first-order valence-corrected chi connectivity index (χ1v) is 5.30. The van der Waals surface area contributed by atoms with Crippen LogP contribution in [-0.2, 0) is 6.42 Å². The summed E-state index contributed by atoms with van der Waals surface area (Å²) in [5.41, 5.74) is 9.21. The highest BCUT2D eigenvalue weighted by atomic mass is 16.3. The van der Waals surface area contributed by atoms with Crippen molar-refractivity contribution in [1.82, 2.24) is 4.98 Å². The molecule has 1 heterocycles. The lowest BCUT2D eigenvalue weighted by Crippen LogP contribution is -2.24. The van der Waals surface area contributed by atoms with Gasteiger partial charge in [0.05, 0.1) is 0 Å². The van der Waals surface area contributed by atoms with Crippen molar-refractivity contribution in [3.05, 3.63) is 29.7 Å². The van der Waals surface area contributed by atoms with E-state index in [4.69, 9.17) is 10.2 Å². The van der Waals surface area contributed by atoms with Crippen LogP contribution < -0.4 is 5.73 Å². The third-order valence-electron chi connectivity index (χ3n) is 3.04. The van der Waals surface area contributed by atoms with E-state index in [-0.39, 0.29) is 5.54 Å². The van der Waals surface area contributed by atoms with Crippen LogP contribution >= 0.6 is 0 Å². The summed E-state index contributed by atoms with van der Waals surface area (Å²) in [7, 11) is 0. The zero-order valence-electron chi connectivity index (χ0n) is 8.79. The number of benzene rings is 1. The van der Waals surface area contributed by atoms with Crippen molar-refractivity contribution < 1.29 is 4.42 Å². The summed E-state index contributed by atoms with van der Waals surface area (Å²) in [4.78, 5) is 4.40. The van der Waals surface area contributed by atoms with Crippen molar-refractivity contribution in [3.63, 3.8) is 0 Å². The molecule has 3 nitrogen and oxygen atoms in total. The Hall–Kier alpha value is -1.35. The molecule has 15 heavy (non-hydrogen) atoms. The molecule has 0 spiro atoms. The largest absolute Gasteiger partial charge is 0.441 e. The van der Waals surface area contributed by atoms with E-state index < -0.39 is 0 Å². The molecular formula is C12H14N2O. The number of para-hydroxylation sites is 1. The van der Waals surface area contributed by atoms with Gasteiger partial charge in [0.2, 0.25) is 0 Å². The minimum atomic E-state index is 0.0289. The van der Waals surface area contributed by atoms with E-state index in [9.17, 15) is 0 Å². The van der Waals surface area contributed by atoms with Gasteiger partial charge in [0.15, 0.2) is 11.5 Å². The van der Waals surface area contributed by atoms with E-state index >= 15 is 0 Å². The van der Waals surface area contributed by atoms with Crippen LogP contribution in [0.5, 0.6) is 0 Å². The maximum atomic E-state index is 6.12. The standard InChI is InChI=1S/C12H14N2O/c1-8-14-11-9(7-12(13)5-6-12)3-2-4-10(11)15-8/h2-4H,5-7,13H2,1H3. The molecule has 3 rings (SSSR count). The minimum absolute atomic E-state index is 0.0289. The van der Waals surface area contributed by atoms with E-state index in [1.54, 1.807) is 0 Å². The van der Waals surface area contributed by atoms with Crippen molar-refractivity contribution in [2.75, 3.05) is 0 Å². The number of rotatable bonds is 2. The number of aryl methyl sites for hydroxylation is 1. The Morgan fingerprint density at radius 1 is 1.47 bits per heavy atom. The fourth-order valence-corrected chi connectivity index (χ4v) is 1.98. The summed E-state index contributed by atoms with van der Waals surface area (Å²) in [5.74, 6) is 0.722. The molecule has 1 aliphatic rings. The van der Waals surface area contributed by atoms with Crippen LogP contribution in [0.4, 0.5) is 0 Å². The van der Waals surface area contributed by atoms with Gasteiger partial charge in [-0.15, -0.1) is 0 Å². The highest BCUT2D eigenvalue weighted by Gasteiger charge is 2.38. The first-order valence-electron chi connectivity index (χ1n) is 5.30. The van der Waals surface area contributed by atoms with E-state index in [2.05, 4.69) is 11.1 Å². The molecule has 0 radical (unpaired) electrons. The summed E-state index contributed by atoms with van der Waals surface area (Å²) in [5, 5.41) is 0. The van der Waals surface area contributed by atoms with E-state index in [0.717, 1.165) is 36.3 Å². The number of oxazole rings is 1. The van der Waals surface area contributed by atoms with Crippen molar-refractivity contribution in [2.24, 2.45) is 5.73 Å². The Morgan fingerprint density at radius 2 is 2.27 bits per heavy atom. The zero-order chi connectivity index (χ0) is 10.5. The summed E-state index contributed by atoms with van der Waals surface area (Å²) >= 11 is 0. The van der Waals surface area contributed by atoms with E-state index in [0.29, 0.717) is 0 Å². The number of hydrogen-bond donors (Lipinski definition) is 1. The van der Waals surface area contributed by atoms with Crippen LogP contribution in [-0.4, -0.2) is 10.5 Å². The maximum Gasteiger partial charge on any atom is 0.192 e. The molecule has 78 valence electrons. The summed E-state index contributed by atoms with van der Waals surface area (Å²) in [6, 6.07) is 6.06. The van der Waals surface area contributed by atoms with Crippen LogP contribution in [0.25, 0.3) is 11.1 Å². The number of fused-ring (bicyclic) bond motifs is 1. The molecule has 1 fully saturated rings. The number of nitrogens with zero attached hydrogens (tertiary/aromatic N) is 1. The van der Waals surface area contributed by atoms with Gasteiger partial charge in [0.25, 0.3) is 0 Å². The van der Waals surface area contributed by atoms with Gasteiger partial charge in [-0.3, -0.25) is 0 Å². The van der Waals surface area contributed by atoms with E-state index in [1.807, 2.05) is 19.1 Å². The Bertz CT molecular complexity index is 511. The zero-order valence-corrected chi connectivity index (χ0v) is 8.79. The second-order valence-electron chi connectivity index (χ2n) is 4.54. The molecule has 0 unspecified atom stereocenters.